The maximum atomic E-state index is 13.7. The molecule has 0 heterocycles. The third-order valence-electron chi connectivity index (χ3n) is 3.80. The number of halogens is 1. The van der Waals surface area contributed by atoms with E-state index in [1.165, 1.54) is 6.07 Å². The van der Waals surface area contributed by atoms with Gasteiger partial charge in [-0.2, -0.15) is 0 Å². The highest BCUT2D eigenvalue weighted by Gasteiger charge is 2.11. The van der Waals surface area contributed by atoms with Crippen molar-refractivity contribution in [2.45, 2.75) is 25.3 Å². The highest BCUT2D eigenvalue weighted by atomic mass is 19.1. The molecule has 0 unspecified atom stereocenters. The van der Waals surface area contributed by atoms with Crippen molar-refractivity contribution in [3.63, 3.8) is 0 Å². The molecule has 1 aliphatic carbocycles. The van der Waals surface area contributed by atoms with Crippen molar-refractivity contribution in [1.82, 2.24) is 10.6 Å². The van der Waals surface area contributed by atoms with E-state index in [1.54, 1.807) is 19.2 Å². The number of hydrogen-bond donors (Lipinski definition) is 2. The number of nitrogens with zero attached hydrogens (tertiary/aromatic N) is 2. The quantitative estimate of drug-likeness (QED) is 0.367. The molecule has 4 nitrogen and oxygen atoms in total. The Kier molecular flexibility index (Phi) is 6.25. The number of hydrogen-bond acceptors (Lipinski definition) is 2. The number of para-hydroxylation sites is 1. The molecule has 2 N–H and O–H groups in total. The first-order valence-electron chi connectivity index (χ1n) is 7.78. The maximum Gasteiger partial charge on any atom is 0.191 e. The fourth-order valence-electron chi connectivity index (χ4n) is 2.53. The molecule has 0 atom stereocenters. The van der Waals surface area contributed by atoms with Gasteiger partial charge >= 0.3 is 0 Å². The summed E-state index contributed by atoms with van der Waals surface area (Å²) in [4.78, 5) is 6.17. The average Bonchev–Trinajstić information content (AvgIpc) is 3.03. The van der Waals surface area contributed by atoms with Crippen LogP contribution in [0.4, 0.5) is 10.1 Å². The summed E-state index contributed by atoms with van der Waals surface area (Å²) in [6.45, 7) is 1.59. The van der Waals surface area contributed by atoms with Crippen molar-refractivity contribution in [3.05, 3.63) is 42.2 Å². The number of anilines is 1. The monoisotopic (exact) mass is 304 g/mol. The molecule has 0 radical (unpaired) electrons. The Bertz CT molecular complexity index is 519. The predicted molar refractivity (Wildman–Crippen MR) is 90.9 cm³/mol. The van der Waals surface area contributed by atoms with Crippen LogP contribution in [0, 0.1) is 5.82 Å². The van der Waals surface area contributed by atoms with Crippen LogP contribution in [0.15, 0.2) is 41.4 Å². The van der Waals surface area contributed by atoms with Crippen molar-refractivity contribution in [1.29, 1.82) is 0 Å². The van der Waals surface area contributed by atoms with E-state index >= 15 is 0 Å². The number of benzene rings is 1. The van der Waals surface area contributed by atoms with Crippen molar-refractivity contribution < 1.29 is 4.39 Å². The molecule has 1 aliphatic rings. The van der Waals surface area contributed by atoms with Gasteiger partial charge in [0.2, 0.25) is 0 Å². The van der Waals surface area contributed by atoms with E-state index < -0.39 is 0 Å². The lowest BCUT2D eigenvalue weighted by Crippen LogP contribution is -2.43. The molecule has 2 rings (SSSR count). The van der Waals surface area contributed by atoms with Crippen LogP contribution < -0.4 is 15.5 Å². The predicted octanol–water partition coefficient (Wildman–Crippen LogP) is 2.54. The van der Waals surface area contributed by atoms with Gasteiger partial charge in [-0.3, -0.25) is 4.99 Å². The molecule has 5 heteroatoms. The lowest BCUT2D eigenvalue weighted by molar-refractivity contribution is 0.615. The van der Waals surface area contributed by atoms with Crippen molar-refractivity contribution in [2.75, 3.05) is 32.1 Å². The van der Waals surface area contributed by atoms with Crippen LogP contribution in [0.5, 0.6) is 0 Å². The molecular formula is C17H25FN4. The summed E-state index contributed by atoms with van der Waals surface area (Å²) >= 11 is 0. The van der Waals surface area contributed by atoms with E-state index in [0.717, 1.165) is 38.3 Å². The molecule has 0 saturated carbocycles. The molecule has 120 valence electrons. The SMILES string of the molecule is CN=C(NCCCN(C)c1ccccc1F)NC1CC=CC1. The highest BCUT2D eigenvalue weighted by Crippen LogP contribution is 2.16. The molecule has 0 fully saturated rings. The topological polar surface area (TPSA) is 39.7 Å². The molecule has 0 spiro atoms. The summed E-state index contributed by atoms with van der Waals surface area (Å²) in [6.07, 6.45) is 7.39. The lowest BCUT2D eigenvalue weighted by atomic mass is 10.2. The van der Waals surface area contributed by atoms with Crippen LogP contribution >= 0.6 is 0 Å². The Labute approximate surface area is 132 Å². The van der Waals surface area contributed by atoms with Crippen LogP contribution in [0.25, 0.3) is 0 Å². The molecule has 22 heavy (non-hydrogen) atoms. The Morgan fingerprint density at radius 3 is 2.73 bits per heavy atom. The molecule has 0 aliphatic heterocycles. The van der Waals surface area contributed by atoms with Gasteiger partial charge in [0, 0.05) is 33.2 Å². The molecule has 0 saturated heterocycles. The number of guanidine groups is 1. The average molecular weight is 304 g/mol. The second kappa shape index (κ2) is 8.41. The van der Waals surface area contributed by atoms with E-state index in [2.05, 4.69) is 27.8 Å². The van der Waals surface area contributed by atoms with Crippen LogP contribution in [-0.2, 0) is 0 Å². The van der Waals surface area contributed by atoms with Gasteiger partial charge < -0.3 is 15.5 Å². The Morgan fingerprint density at radius 1 is 1.32 bits per heavy atom. The van der Waals surface area contributed by atoms with Crippen LogP contribution in [0.1, 0.15) is 19.3 Å². The second-order valence-corrected chi connectivity index (χ2v) is 5.51. The molecule has 0 aromatic heterocycles. The number of nitrogens with one attached hydrogen (secondary N) is 2. The van der Waals surface area contributed by atoms with Crippen LogP contribution in [0.2, 0.25) is 0 Å². The third-order valence-corrected chi connectivity index (χ3v) is 3.80. The van der Waals surface area contributed by atoms with Gasteiger partial charge in [-0.15, -0.1) is 0 Å². The normalized spacial score (nSPS) is 15.1. The first-order chi connectivity index (χ1) is 10.7. The van der Waals surface area contributed by atoms with Gasteiger partial charge in [0.1, 0.15) is 5.82 Å². The van der Waals surface area contributed by atoms with Crippen LogP contribution in [0.3, 0.4) is 0 Å². The molecule has 0 amide bonds. The number of rotatable bonds is 6. The number of aliphatic imine (C=N–C) groups is 1. The Morgan fingerprint density at radius 2 is 2.05 bits per heavy atom. The van der Waals surface area contributed by atoms with Gasteiger partial charge in [-0.25, -0.2) is 4.39 Å². The zero-order valence-electron chi connectivity index (χ0n) is 13.3. The summed E-state index contributed by atoms with van der Waals surface area (Å²) in [5.41, 5.74) is 0.641. The summed E-state index contributed by atoms with van der Waals surface area (Å²) in [5, 5.41) is 6.71. The van der Waals surface area contributed by atoms with Crippen LogP contribution in [-0.4, -0.2) is 39.2 Å². The summed E-state index contributed by atoms with van der Waals surface area (Å²) in [5.74, 6) is 0.659. The zero-order chi connectivity index (χ0) is 15.8. The smallest absolute Gasteiger partial charge is 0.191 e. The summed E-state index contributed by atoms with van der Waals surface area (Å²) in [7, 11) is 3.69. The second-order valence-electron chi connectivity index (χ2n) is 5.51. The lowest BCUT2D eigenvalue weighted by Gasteiger charge is -2.21. The van der Waals surface area contributed by atoms with E-state index in [-0.39, 0.29) is 5.82 Å². The van der Waals surface area contributed by atoms with E-state index in [4.69, 9.17) is 0 Å². The fraction of sp³-hybridized carbons (Fsp3) is 0.471. The van der Waals surface area contributed by atoms with E-state index in [1.807, 2.05) is 18.0 Å². The Hall–Kier alpha value is -2.04. The minimum Gasteiger partial charge on any atom is -0.372 e. The van der Waals surface area contributed by atoms with Gasteiger partial charge in [-0.1, -0.05) is 24.3 Å². The van der Waals surface area contributed by atoms with Crippen molar-refractivity contribution in [3.8, 4) is 0 Å². The maximum absolute atomic E-state index is 13.7. The largest absolute Gasteiger partial charge is 0.372 e. The van der Waals surface area contributed by atoms with Crippen molar-refractivity contribution in [2.24, 2.45) is 4.99 Å². The van der Waals surface area contributed by atoms with Crippen molar-refractivity contribution >= 4 is 11.6 Å². The summed E-state index contributed by atoms with van der Waals surface area (Å²) in [6, 6.07) is 7.31. The van der Waals surface area contributed by atoms with Gasteiger partial charge in [-0.05, 0) is 31.4 Å². The molecule has 1 aromatic rings. The van der Waals surface area contributed by atoms with E-state index in [9.17, 15) is 4.39 Å². The minimum absolute atomic E-state index is 0.177. The van der Waals surface area contributed by atoms with Gasteiger partial charge in [0.15, 0.2) is 5.96 Å². The summed E-state index contributed by atoms with van der Waals surface area (Å²) < 4.78 is 13.7. The highest BCUT2D eigenvalue weighted by molar-refractivity contribution is 5.80. The molecule has 1 aromatic carbocycles. The zero-order valence-corrected chi connectivity index (χ0v) is 13.3. The van der Waals surface area contributed by atoms with Gasteiger partial charge in [0.25, 0.3) is 0 Å². The van der Waals surface area contributed by atoms with E-state index in [0.29, 0.717) is 11.7 Å². The first-order valence-corrected chi connectivity index (χ1v) is 7.78. The fourth-order valence-corrected chi connectivity index (χ4v) is 2.53. The third kappa shape index (κ3) is 4.76. The minimum atomic E-state index is -0.177. The molecular weight excluding hydrogens is 279 g/mol. The Balaban J connectivity index is 1.68. The molecule has 0 bridgehead atoms. The standard InChI is InChI=1S/C17H25FN4/c1-19-17(21-14-8-3-4-9-14)20-12-7-13-22(2)16-11-6-5-10-15(16)18/h3-6,10-11,14H,7-9,12-13H2,1-2H3,(H2,19,20,21). The van der Waals surface area contributed by atoms with Gasteiger partial charge in [0.05, 0.1) is 5.69 Å². The first kappa shape index (κ1) is 16.3.